The van der Waals surface area contributed by atoms with E-state index in [1.165, 1.54) is 35.7 Å². The number of nitrogens with two attached hydrogens (primary N) is 1. The van der Waals surface area contributed by atoms with Crippen molar-refractivity contribution in [2.75, 3.05) is 24.6 Å². The lowest BCUT2D eigenvalue weighted by atomic mass is 9.92. The van der Waals surface area contributed by atoms with Crippen LogP contribution in [0.1, 0.15) is 33.6 Å². The summed E-state index contributed by atoms with van der Waals surface area (Å²) in [5.74, 6) is 0.0419. The van der Waals surface area contributed by atoms with Crippen LogP contribution in [0.25, 0.3) is 0 Å². The number of likely N-dealkylation sites (tertiary alicyclic amines) is 1. The van der Waals surface area contributed by atoms with E-state index in [2.05, 4.69) is 29.2 Å². The van der Waals surface area contributed by atoms with Gasteiger partial charge in [0.1, 0.15) is 17.6 Å². The van der Waals surface area contributed by atoms with Gasteiger partial charge in [0, 0.05) is 32.1 Å². The zero-order valence-electron chi connectivity index (χ0n) is 17.3. The molecule has 0 aromatic heterocycles. The minimum absolute atomic E-state index is 0.0467. The van der Waals surface area contributed by atoms with Crippen molar-refractivity contribution in [2.24, 2.45) is 22.7 Å². The van der Waals surface area contributed by atoms with E-state index in [1.807, 2.05) is 6.92 Å². The highest BCUT2D eigenvalue weighted by atomic mass is 19.1. The van der Waals surface area contributed by atoms with Crippen LogP contribution >= 0.6 is 0 Å². The number of halogens is 1. The molecule has 4 unspecified atom stereocenters. The van der Waals surface area contributed by atoms with Gasteiger partial charge >= 0.3 is 0 Å². The molecule has 1 fully saturated rings. The van der Waals surface area contributed by atoms with Crippen molar-refractivity contribution in [3.8, 4) is 0 Å². The van der Waals surface area contributed by atoms with E-state index in [1.54, 1.807) is 0 Å². The lowest BCUT2D eigenvalue weighted by Gasteiger charge is -2.36. The molecule has 0 saturated carbocycles. The Morgan fingerprint density at radius 2 is 1.86 bits per heavy atom. The van der Waals surface area contributed by atoms with Crippen molar-refractivity contribution in [3.05, 3.63) is 30.1 Å². The lowest BCUT2D eigenvalue weighted by molar-refractivity contribution is -0.119. The summed E-state index contributed by atoms with van der Waals surface area (Å²) in [5, 5.41) is 8.70. The minimum Gasteiger partial charge on any atom is -0.368 e. The number of carbonyl (C=O) groups excluding carboxylic acids is 2. The molecule has 0 bridgehead atoms. The first-order valence-corrected chi connectivity index (χ1v) is 10.2. The number of rotatable bonds is 6. The fraction of sp³-hybridized carbons (Fsp3) is 0.571. The smallest absolute Gasteiger partial charge is 0.267 e. The number of primary amides is 1. The highest BCUT2D eigenvalue weighted by Crippen LogP contribution is 2.25. The van der Waals surface area contributed by atoms with Crippen molar-refractivity contribution in [1.29, 1.82) is 0 Å². The largest absolute Gasteiger partial charge is 0.368 e. The Bertz CT molecular complexity index is 772. The number of benzene rings is 1. The van der Waals surface area contributed by atoms with Crippen molar-refractivity contribution < 1.29 is 14.0 Å². The molecule has 1 aromatic carbocycles. The minimum atomic E-state index is -0.764. The molecule has 8 heteroatoms. The molecule has 4 atom stereocenters. The lowest BCUT2D eigenvalue weighted by Crippen LogP contribution is -2.48. The molecule has 1 saturated heterocycles. The van der Waals surface area contributed by atoms with Gasteiger partial charge in [-0.15, -0.1) is 0 Å². The Morgan fingerprint density at radius 3 is 2.45 bits per heavy atom. The van der Waals surface area contributed by atoms with E-state index in [9.17, 15) is 14.0 Å². The highest BCUT2D eigenvalue weighted by Gasteiger charge is 2.35. The van der Waals surface area contributed by atoms with Crippen molar-refractivity contribution >= 4 is 23.2 Å². The van der Waals surface area contributed by atoms with Crippen LogP contribution in [0, 0.1) is 17.7 Å². The maximum Gasteiger partial charge on any atom is 0.267 e. The van der Waals surface area contributed by atoms with Crippen LogP contribution < -0.4 is 16.1 Å². The number of hydrazone groups is 1. The quantitative estimate of drug-likeness (QED) is 0.757. The van der Waals surface area contributed by atoms with Crippen molar-refractivity contribution in [2.45, 2.75) is 45.7 Å². The molecule has 2 aliphatic heterocycles. The molecule has 0 radical (unpaired) electrons. The van der Waals surface area contributed by atoms with Gasteiger partial charge in [0.05, 0.1) is 5.69 Å². The average molecular weight is 404 g/mol. The Morgan fingerprint density at radius 1 is 1.24 bits per heavy atom. The summed E-state index contributed by atoms with van der Waals surface area (Å²) in [7, 11) is 0. The van der Waals surface area contributed by atoms with Crippen molar-refractivity contribution in [3.63, 3.8) is 0 Å². The Balaban J connectivity index is 1.64. The molecule has 3 rings (SSSR count). The van der Waals surface area contributed by atoms with Gasteiger partial charge in [-0.3, -0.25) is 14.6 Å². The summed E-state index contributed by atoms with van der Waals surface area (Å²) in [4.78, 5) is 27.0. The second kappa shape index (κ2) is 8.90. The number of nitrogens with one attached hydrogen (secondary N) is 1. The van der Waals surface area contributed by atoms with Crippen LogP contribution in [-0.4, -0.2) is 54.1 Å². The summed E-state index contributed by atoms with van der Waals surface area (Å²) >= 11 is 0. The monoisotopic (exact) mass is 403 g/mol. The molecule has 29 heavy (non-hydrogen) atoms. The third kappa shape index (κ3) is 5.32. The molecule has 0 aliphatic carbocycles. The summed E-state index contributed by atoms with van der Waals surface area (Å²) in [6.07, 6.45) is 1.37. The van der Waals surface area contributed by atoms with E-state index < -0.39 is 11.9 Å². The summed E-state index contributed by atoms with van der Waals surface area (Å²) in [6.45, 7) is 9.33. The summed E-state index contributed by atoms with van der Waals surface area (Å²) < 4.78 is 13.2. The number of amides is 2. The maximum absolute atomic E-state index is 13.2. The van der Waals surface area contributed by atoms with Gasteiger partial charge in [-0.1, -0.05) is 13.8 Å². The molecule has 1 aromatic rings. The Labute approximate surface area is 171 Å². The molecular formula is C21H30FN5O2. The van der Waals surface area contributed by atoms with E-state index in [0.29, 0.717) is 17.5 Å². The molecule has 7 nitrogen and oxygen atoms in total. The Hall–Kier alpha value is -2.48. The van der Waals surface area contributed by atoms with E-state index in [4.69, 9.17) is 5.73 Å². The molecule has 3 N–H and O–H groups in total. The first-order chi connectivity index (χ1) is 13.7. The van der Waals surface area contributed by atoms with Gasteiger partial charge in [0.15, 0.2) is 0 Å². The van der Waals surface area contributed by atoms with Crippen LogP contribution in [0.4, 0.5) is 10.1 Å². The standard InChI is InChI=1S/C21H30FN5O2/c1-13-8-14(2)11-26(10-13)12-15(3)24-21(29)18-9-19(20(23)28)27(25-18)17-6-4-16(22)5-7-17/h4-7,13-15,19H,8-12H2,1-3H3,(H2,23,28)(H,24,29). The van der Waals surface area contributed by atoms with Gasteiger partial charge in [0.25, 0.3) is 5.91 Å². The maximum atomic E-state index is 13.2. The molecular weight excluding hydrogens is 373 g/mol. The van der Waals surface area contributed by atoms with Gasteiger partial charge in [-0.05, 0) is 49.4 Å². The van der Waals surface area contributed by atoms with E-state index in [-0.39, 0.29) is 29.9 Å². The topological polar surface area (TPSA) is 91.0 Å². The zero-order valence-corrected chi connectivity index (χ0v) is 17.3. The summed E-state index contributed by atoms with van der Waals surface area (Å²) in [6, 6.07) is 4.77. The first kappa shape index (κ1) is 21.2. The van der Waals surface area contributed by atoms with Crippen LogP contribution in [0.2, 0.25) is 0 Å². The zero-order chi connectivity index (χ0) is 21.1. The fourth-order valence-corrected chi connectivity index (χ4v) is 4.38. The Kier molecular flexibility index (Phi) is 6.52. The highest BCUT2D eigenvalue weighted by molar-refractivity contribution is 6.40. The number of hydrogen-bond acceptors (Lipinski definition) is 5. The van der Waals surface area contributed by atoms with Gasteiger partial charge in [0.2, 0.25) is 5.91 Å². The predicted octanol–water partition coefficient (Wildman–Crippen LogP) is 1.73. The molecule has 0 spiro atoms. The van der Waals surface area contributed by atoms with Crippen LogP contribution in [0.5, 0.6) is 0 Å². The first-order valence-electron chi connectivity index (χ1n) is 10.2. The number of hydrogen-bond donors (Lipinski definition) is 2. The van der Waals surface area contributed by atoms with Gasteiger partial charge in [-0.25, -0.2) is 4.39 Å². The van der Waals surface area contributed by atoms with Crippen LogP contribution in [-0.2, 0) is 9.59 Å². The number of carbonyl (C=O) groups is 2. The van der Waals surface area contributed by atoms with E-state index >= 15 is 0 Å². The molecule has 158 valence electrons. The van der Waals surface area contributed by atoms with Crippen LogP contribution in [0.15, 0.2) is 29.4 Å². The van der Waals surface area contributed by atoms with Crippen molar-refractivity contribution in [1.82, 2.24) is 10.2 Å². The van der Waals surface area contributed by atoms with Gasteiger partial charge < -0.3 is 16.0 Å². The average Bonchev–Trinajstić information content (AvgIpc) is 3.07. The summed E-state index contributed by atoms with van der Waals surface area (Å²) in [5.41, 5.74) is 6.27. The number of piperidine rings is 1. The number of anilines is 1. The fourth-order valence-electron chi connectivity index (χ4n) is 4.38. The van der Waals surface area contributed by atoms with Gasteiger partial charge in [-0.2, -0.15) is 5.10 Å². The normalized spacial score (nSPS) is 26.1. The third-order valence-corrected chi connectivity index (χ3v) is 5.45. The third-order valence-electron chi connectivity index (χ3n) is 5.45. The van der Waals surface area contributed by atoms with Crippen LogP contribution in [0.3, 0.4) is 0 Å². The molecule has 2 aliphatic rings. The number of nitrogens with zero attached hydrogens (tertiary/aromatic N) is 3. The molecule has 2 heterocycles. The SMILES string of the molecule is CC1CC(C)CN(CC(C)NC(=O)C2=NN(c3ccc(F)cc3)C(C(N)=O)C2)C1. The second-order valence-corrected chi connectivity index (χ2v) is 8.53. The van der Waals surface area contributed by atoms with E-state index in [0.717, 1.165) is 19.6 Å². The second-order valence-electron chi connectivity index (χ2n) is 8.53. The predicted molar refractivity (Wildman–Crippen MR) is 111 cm³/mol. The molecule has 2 amide bonds.